The van der Waals surface area contributed by atoms with Crippen molar-refractivity contribution in [2.75, 3.05) is 6.54 Å². The summed E-state index contributed by atoms with van der Waals surface area (Å²) >= 11 is 0. The van der Waals surface area contributed by atoms with Gasteiger partial charge in [-0.2, -0.15) is 0 Å². The van der Waals surface area contributed by atoms with Gasteiger partial charge in [0.05, 0.1) is 0 Å². The third-order valence-electron chi connectivity index (χ3n) is 1.76. The van der Waals surface area contributed by atoms with Crippen LogP contribution in [0.4, 0.5) is 5.69 Å². The summed E-state index contributed by atoms with van der Waals surface area (Å²) in [6.45, 7) is 0.470. The normalized spacial score (nSPS) is 19.9. The zero-order chi connectivity index (χ0) is 8.39. The molecular weight excluding hydrogens is 152 g/mol. The monoisotopic (exact) mass is 162 g/mol. The van der Waals surface area contributed by atoms with E-state index in [-0.39, 0.29) is 6.10 Å². The fraction of sp³-hybridized carbons (Fsp3) is 0.222. The third kappa shape index (κ3) is 1.19. The number of aliphatic imine (C=N–C) groups is 1. The van der Waals surface area contributed by atoms with Crippen LogP contribution in [0, 0.1) is 0 Å². The van der Waals surface area contributed by atoms with Gasteiger partial charge in [0.15, 0.2) is 0 Å². The number of hydrogen-bond donors (Lipinski definition) is 1. The first-order valence-electron chi connectivity index (χ1n) is 3.90. The molecule has 2 rings (SSSR count). The van der Waals surface area contributed by atoms with E-state index in [1.807, 2.05) is 24.3 Å². The van der Waals surface area contributed by atoms with E-state index in [9.17, 15) is 0 Å². The standard InChI is InChI=1S/C9H10N2O/c10-5-7-6-11-8-3-1-2-4-9(8)12-7/h1-4,6-7H,5,10H2. The molecule has 62 valence electrons. The molecule has 1 aromatic carbocycles. The van der Waals surface area contributed by atoms with Crippen LogP contribution in [0.5, 0.6) is 5.75 Å². The van der Waals surface area contributed by atoms with Gasteiger partial charge in [-0.15, -0.1) is 0 Å². The molecule has 0 fully saturated rings. The van der Waals surface area contributed by atoms with Crippen LogP contribution in [0.1, 0.15) is 0 Å². The molecule has 12 heavy (non-hydrogen) atoms. The highest BCUT2D eigenvalue weighted by Gasteiger charge is 2.12. The van der Waals surface area contributed by atoms with Gasteiger partial charge in [0.25, 0.3) is 0 Å². The predicted molar refractivity (Wildman–Crippen MR) is 48.1 cm³/mol. The van der Waals surface area contributed by atoms with Crippen LogP contribution < -0.4 is 10.5 Å². The van der Waals surface area contributed by atoms with Crippen LogP contribution >= 0.6 is 0 Å². The van der Waals surface area contributed by atoms with E-state index in [0.717, 1.165) is 11.4 Å². The molecule has 0 saturated carbocycles. The van der Waals surface area contributed by atoms with Gasteiger partial charge >= 0.3 is 0 Å². The summed E-state index contributed by atoms with van der Waals surface area (Å²) in [6.07, 6.45) is 1.67. The van der Waals surface area contributed by atoms with Gasteiger partial charge in [0.2, 0.25) is 0 Å². The van der Waals surface area contributed by atoms with Crippen LogP contribution in [0.25, 0.3) is 0 Å². The van der Waals surface area contributed by atoms with Crippen LogP contribution in [-0.4, -0.2) is 18.9 Å². The van der Waals surface area contributed by atoms with Crippen LogP contribution in [-0.2, 0) is 0 Å². The summed E-state index contributed by atoms with van der Waals surface area (Å²) in [4.78, 5) is 4.22. The molecule has 2 N–H and O–H groups in total. The lowest BCUT2D eigenvalue weighted by Gasteiger charge is -2.18. The molecule has 0 amide bonds. The molecular formula is C9H10N2O. The first kappa shape index (κ1) is 7.31. The zero-order valence-electron chi connectivity index (χ0n) is 6.60. The summed E-state index contributed by atoms with van der Waals surface area (Å²) in [5, 5.41) is 0. The molecule has 0 spiro atoms. The molecule has 3 heteroatoms. The number of nitrogens with zero attached hydrogens (tertiary/aromatic N) is 1. The van der Waals surface area contributed by atoms with Crippen molar-refractivity contribution in [3.8, 4) is 5.75 Å². The molecule has 3 nitrogen and oxygen atoms in total. The Labute approximate surface area is 70.9 Å². The summed E-state index contributed by atoms with van der Waals surface area (Å²) in [5.74, 6) is 0.815. The lowest BCUT2D eigenvalue weighted by Crippen LogP contribution is -2.29. The fourth-order valence-electron chi connectivity index (χ4n) is 1.13. The Morgan fingerprint density at radius 1 is 1.42 bits per heavy atom. The van der Waals surface area contributed by atoms with Crippen LogP contribution in [0.3, 0.4) is 0 Å². The highest BCUT2D eigenvalue weighted by atomic mass is 16.5. The Kier molecular flexibility index (Phi) is 1.80. The molecule has 1 aromatic rings. The van der Waals surface area contributed by atoms with Crippen molar-refractivity contribution in [1.29, 1.82) is 0 Å². The maximum Gasteiger partial charge on any atom is 0.146 e. The quantitative estimate of drug-likeness (QED) is 0.672. The molecule has 0 bridgehead atoms. The van der Waals surface area contributed by atoms with Crippen molar-refractivity contribution in [2.24, 2.45) is 10.7 Å². The molecule has 1 atom stereocenters. The van der Waals surface area contributed by atoms with Crippen molar-refractivity contribution >= 4 is 11.9 Å². The highest BCUT2D eigenvalue weighted by molar-refractivity contribution is 5.73. The lowest BCUT2D eigenvalue weighted by atomic mass is 10.2. The van der Waals surface area contributed by atoms with Crippen molar-refractivity contribution in [1.82, 2.24) is 0 Å². The van der Waals surface area contributed by atoms with Gasteiger partial charge in [-0.1, -0.05) is 12.1 Å². The second-order valence-corrected chi connectivity index (χ2v) is 2.64. The minimum Gasteiger partial charge on any atom is -0.481 e. The molecule has 0 saturated heterocycles. The number of para-hydroxylation sites is 2. The van der Waals surface area contributed by atoms with E-state index in [2.05, 4.69) is 4.99 Å². The Morgan fingerprint density at radius 2 is 2.25 bits per heavy atom. The van der Waals surface area contributed by atoms with Crippen LogP contribution in [0.15, 0.2) is 29.3 Å². The number of fused-ring (bicyclic) bond motifs is 1. The minimum absolute atomic E-state index is 0.0695. The summed E-state index contributed by atoms with van der Waals surface area (Å²) in [5.41, 5.74) is 6.32. The maximum absolute atomic E-state index is 5.51. The summed E-state index contributed by atoms with van der Waals surface area (Å²) in [7, 11) is 0. The molecule has 1 unspecified atom stereocenters. The third-order valence-corrected chi connectivity index (χ3v) is 1.76. The van der Waals surface area contributed by atoms with E-state index in [1.165, 1.54) is 0 Å². The van der Waals surface area contributed by atoms with E-state index < -0.39 is 0 Å². The van der Waals surface area contributed by atoms with Gasteiger partial charge in [0.1, 0.15) is 17.5 Å². The molecule has 1 aliphatic rings. The van der Waals surface area contributed by atoms with Gasteiger partial charge in [-0.3, -0.25) is 4.99 Å². The van der Waals surface area contributed by atoms with E-state index >= 15 is 0 Å². The lowest BCUT2D eigenvalue weighted by molar-refractivity contribution is 0.276. The van der Waals surface area contributed by atoms with Gasteiger partial charge in [-0.25, -0.2) is 0 Å². The first-order valence-corrected chi connectivity index (χ1v) is 3.90. The molecule has 1 aliphatic heterocycles. The Morgan fingerprint density at radius 3 is 3.08 bits per heavy atom. The van der Waals surface area contributed by atoms with E-state index in [1.54, 1.807) is 6.21 Å². The second-order valence-electron chi connectivity index (χ2n) is 2.64. The first-order chi connectivity index (χ1) is 5.90. The number of benzene rings is 1. The number of rotatable bonds is 1. The van der Waals surface area contributed by atoms with Crippen molar-refractivity contribution < 1.29 is 4.74 Å². The highest BCUT2D eigenvalue weighted by Crippen LogP contribution is 2.29. The minimum atomic E-state index is -0.0695. The summed E-state index contributed by atoms with van der Waals surface area (Å²) < 4.78 is 5.51. The fourth-order valence-corrected chi connectivity index (χ4v) is 1.13. The van der Waals surface area contributed by atoms with E-state index in [4.69, 9.17) is 10.5 Å². The number of hydrogen-bond acceptors (Lipinski definition) is 3. The zero-order valence-corrected chi connectivity index (χ0v) is 6.60. The van der Waals surface area contributed by atoms with Crippen molar-refractivity contribution in [3.05, 3.63) is 24.3 Å². The topological polar surface area (TPSA) is 47.6 Å². The predicted octanol–water partition coefficient (Wildman–Crippen LogP) is 1.11. The number of ether oxygens (including phenoxy) is 1. The maximum atomic E-state index is 5.51. The van der Waals surface area contributed by atoms with Crippen molar-refractivity contribution in [3.63, 3.8) is 0 Å². The van der Waals surface area contributed by atoms with Gasteiger partial charge < -0.3 is 10.5 Å². The molecule has 0 aromatic heterocycles. The molecule has 0 radical (unpaired) electrons. The smallest absolute Gasteiger partial charge is 0.146 e. The Hall–Kier alpha value is -1.35. The largest absolute Gasteiger partial charge is 0.481 e. The molecule has 0 aliphatic carbocycles. The van der Waals surface area contributed by atoms with Gasteiger partial charge in [0, 0.05) is 12.8 Å². The second kappa shape index (κ2) is 2.95. The van der Waals surface area contributed by atoms with Crippen molar-refractivity contribution in [2.45, 2.75) is 6.10 Å². The van der Waals surface area contributed by atoms with Crippen LogP contribution in [0.2, 0.25) is 0 Å². The molecule has 1 heterocycles. The average Bonchev–Trinajstić information content (AvgIpc) is 2.17. The Bertz CT molecular complexity index is 309. The van der Waals surface area contributed by atoms with Gasteiger partial charge in [-0.05, 0) is 12.1 Å². The average molecular weight is 162 g/mol. The summed E-state index contributed by atoms with van der Waals surface area (Å²) in [6, 6.07) is 7.67. The van der Waals surface area contributed by atoms with E-state index in [0.29, 0.717) is 6.54 Å². The number of nitrogens with two attached hydrogens (primary N) is 1. The SMILES string of the molecule is NCC1C=Nc2ccccc2O1. The Balaban J connectivity index is 2.33.